The van der Waals surface area contributed by atoms with Gasteiger partial charge in [-0.15, -0.1) is 0 Å². The van der Waals surface area contributed by atoms with Gasteiger partial charge in [0.1, 0.15) is 0 Å². The van der Waals surface area contributed by atoms with Crippen molar-refractivity contribution in [2.75, 3.05) is 0 Å². The van der Waals surface area contributed by atoms with Gasteiger partial charge in [0, 0.05) is 0 Å². The third kappa shape index (κ3) is 3.14. The molecule has 0 fully saturated rings. The van der Waals surface area contributed by atoms with E-state index >= 15 is 0 Å². The van der Waals surface area contributed by atoms with Crippen LogP contribution in [0.3, 0.4) is 0 Å². The van der Waals surface area contributed by atoms with E-state index in [-0.39, 0.29) is 0 Å². The summed E-state index contributed by atoms with van der Waals surface area (Å²) in [5, 5.41) is 22.3. The van der Waals surface area contributed by atoms with Crippen LogP contribution in [-0.4, -0.2) is 6.30 Å². The molecule has 0 atom stereocenters. The molecule has 0 bridgehead atoms. The molecule has 0 nitrogen and oxygen atoms in total. The van der Waals surface area contributed by atoms with E-state index in [0.29, 0.717) is 0 Å². The standard InChI is InChI=1S/C43H27P/c1-44(35-21-16-27-6-2-3-7-34(27)26-35,38-24-19-32-14-12-28-8-4-10-30-17-22-36(38)42(32)40(28)30)39-25-20-33-15-13-29-9-5-11-31-18-23-37(39)43(33)41(29)31/h2-26H,1H2. The Morgan fingerprint density at radius 1 is 0.318 bits per heavy atom. The molecule has 0 aliphatic heterocycles. The third-order valence-electron chi connectivity index (χ3n) is 10.0. The Kier molecular flexibility index (Phi) is 4.80. The lowest BCUT2D eigenvalue weighted by atomic mass is 9.94. The summed E-state index contributed by atoms with van der Waals surface area (Å²) in [6.07, 6.45) is 5.36. The summed E-state index contributed by atoms with van der Waals surface area (Å²) >= 11 is 0. The summed E-state index contributed by atoms with van der Waals surface area (Å²) < 4.78 is 0. The average Bonchev–Trinajstić information content (AvgIpc) is 3.09. The van der Waals surface area contributed by atoms with Crippen molar-refractivity contribution in [3.8, 4) is 0 Å². The van der Waals surface area contributed by atoms with Gasteiger partial charge in [-0.3, -0.25) is 0 Å². The van der Waals surface area contributed by atoms with Crippen LogP contribution in [0.1, 0.15) is 0 Å². The van der Waals surface area contributed by atoms with Crippen molar-refractivity contribution in [1.82, 2.24) is 0 Å². The highest BCUT2D eigenvalue weighted by Crippen LogP contribution is 2.49. The second-order valence-corrected chi connectivity index (χ2v) is 15.3. The van der Waals surface area contributed by atoms with Crippen LogP contribution in [-0.2, 0) is 0 Å². The fourth-order valence-electron chi connectivity index (χ4n) is 7.93. The molecule has 0 spiro atoms. The van der Waals surface area contributed by atoms with E-state index in [1.54, 1.807) is 0 Å². The van der Waals surface area contributed by atoms with Gasteiger partial charge in [0.2, 0.25) is 0 Å². The molecular weight excluding hydrogens is 547 g/mol. The Morgan fingerprint density at radius 2 is 0.705 bits per heavy atom. The fourth-order valence-corrected chi connectivity index (χ4v) is 11.3. The molecule has 0 radical (unpaired) electrons. The Bertz CT molecular complexity index is 2620. The van der Waals surface area contributed by atoms with Crippen molar-refractivity contribution >= 4 is 105 Å². The van der Waals surface area contributed by atoms with Crippen LogP contribution in [0.5, 0.6) is 0 Å². The van der Waals surface area contributed by atoms with Gasteiger partial charge in [-0.2, -0.15) is 0 Å². The molecule has 0 amide bonds. The summed E-state index contributed by atoms with van der Waals surface area (Å²) in [5.41, 5.74) is 0. The Labute approximate surface area is 255 Å². The van der Waals surface area contributed by atoms with E-state index in [1.165, 1.54) is 91.3 Å². The van der Waals surface area contributed by atoms with Crippen molar-refractivity contribution in [3.63, 3.8) is 0 Å². The van der Waals surface area contributed by atoms with Gasteiger partial charge < -0.3 is 0 Å². The molecule has 0 aliphatic carbocycles. The minimum atomic E-state index is -2.40. The molecule has 1 heteroatoms. The van der Waals surface area contributed by atoms with E-state index in [4.69, 9.17) is 6.30 Å². The van der Waals surface area contributed by atoms with Crippen LogP contribution in [0, 0.1) is 0 Å². The fraction of sp³-hybridized carbons (Fsp3) is 0. The van der Waals surface area contributed by atoms with Gasteiger partial charge in [0.05, 0.1) is 0 Å². The Morgan fingerprint density at radius 3 is 1.23 bits per heavy atom. The monoisotopic (exact) mass is 574 g/mol. The minimum Gasteiger partial charge on any atom is -0.0886 e. The number of hydrogen-bond acceptors (Lipinski definition) is 0. The van der Waals surface area contributed by atoms with Crippen molar-refractivity contribution in [2.24, 2.45) is 0 Å². The van der Waals surface area contributed by atoms with Gasteiger partial charge in [-0.05, 0) is 104 Å². The molecule has 204 valence electrons. The SMILES string of the molecule is C=P(c1ccc2ccccc2c1)(c1ccc2ccc3cccc4ccc1c2c34)c1ccc2ccc3cccc4ccc1c2c34. The summed E-state index contributed by atoms with van der Waals surface area (Å²) in [4.78, 5) is 0. The first-order chi connectivity index (χ1) is 21.7. The van der Waals surface area contributed by atoms with Crippen molar-refractivity contribution < 1.29 is 0 Å². The summed E-state index contributed by atoms with van der Waals surface area (Å²) in [7, 11) is 0. The van der Waals surface area contributed by atoms with E-state index in [1.807, 2.05) is 0 Å². The second-order valence-electron chi connectivity index (χ2n) is 12.2. The number of benzene rings is 10. The lowest BCUT2D eigenvalue weighted by molar-refractivity contribution is 1.77. The minimum absolute atomic E-state index is 1.26. The molecule has 0 heterocycles. The zero-order valence-corrected chi connectivity index (χ0v) is 25.0. The number of fused-ring (bicyclic) bond motifs is 1. The Balaban J connectivity index is 1.39. The van der Waals surface area contributed by atoms with Gasteiger partial charge in [0.15, 0.2) is 0 Å². The van der Waals surface area contributed by atoms with Crippen LogP contribution in [0.25, 0.3) is 75.4 Å². The second kappa shape index (κ2) is 8.70. The van der Waals surface area contributed by atoms with Crippen LogP contribution < -0.4 is 15.9 Å². The molecule has 10 aromatic carbocycles. The predicted molar refractivity (Wildman–Crippen MR) is 197 cm³/mol. The van der Waals surface area contributed by atoms with E-state index < -0.39 is 6.89 Å². The van der Waals surface area contributed by atoms with Crippen molar-refractivity contribution in [3.05, 3.63) is 152 Å². The summed E-state index contributed by atoms with van der Waals surface area (Å²) in [6.45, 7) is -2.40. The first kappa shape index (κ1) is 24.3. The molecule has 0 N–H and O–H groups in total. The molecule has 10 aromatic rings. The Hall–Kier alpha value is -5.16. The van der Waals surface area contributed by atoms with E-state index in [2.05, 4.69) is 152 Å². The predicted octanol–water partition coefficient (Wildman–Crippen LogP) is 10.4. The molecule has 0 saturated heterocycles. The lowest BCUT2D eigenvalue weighted by Gasteiger charge is -2.31. The molecule has 0 unspecified atom stereocenters. The number of rotatable bonds is 3. The van der Waals surface area contributed by atoms with Crippen LogP contribution in [0.15, 0.2) is 152 Å². The smallest absolute Gasteiger partial charge is 0.00202 e. The zero-order chi connectivity index (χ0) is 29.0. The molecule has 0 aromatic heterocycles. The van der Waals surface area contributed by atoms with Crippen LogP contribution in [0.4, 0.5) is 0 Å². The molecule has 44 heavy (non-hydrogen) atoms. The summed E-state index contributed by atoms with van der Waals surface area (Å²) in [6, 6.07) is 56.9. The normalized spacial score (nSPS) is 12.6. The van der Waals surface area contributed by atoms with Crippen molar-refractivity contribution in [2.45, 2.75) is 0 Å². The maximum absolute atomic E-state index is 5.36. The summed E-state index contributed by atoms with van der Waals surface area (Å²) in [5.74, 6) is 0. The highest BCUT2D eigenvalue weighted by molar-refractivity contribution is 7.94. The highest BCUT2D eigenvalue weighted by Gasteiger charge is 2.28. The quantitative estimate of drug-likeness (QED) is 0.145. The van der Waals surface area contributed by atoms with Crippen LogP contribution in [0.2, 0.25) is 0 Å². The third-order valence-corrected chi connectivity index (χ3v) is 13.6. The van der Waals surface area contributed by atoms with Gasteiger partial charge in [-0.25, -0.2) is 0 Å². The average molecular weight is 575 g/mol. The molecule has 0 saturated carbocycles. The van der Waals surface area contributed by atoms with E-state index in [0.717, 1.165) is 0 Å². The van der Waals surface area contributed by atoms with Crippen molar-refractivity contribution in [1.29, 1.82) is 0 Å². The first-order valence-electron chi connectivity index (χ1n) is 15.3. The van der Waals surface area contributed by atoms with Gasteiger partial charge in [-0.1, -0.05) is 152 Å². The van der Waals surface area contributed by atoms with E-state index in [9.17, 15) is 0 Å². The lowest BCUT2D eigenvalue weighted by Crippen LogP contribution is -2.27. The first-order valence-corrected chi connectivity index (χ1v) is 17.2. The molecule has 0 aliphatic rings. The molecule has 10 rings (SSSR count). The van der Waals surface area contributed by atoms with Gasteiger partial charge in [0.25, 0.3) is 0 Å². The highest BCUT2D eigenvalue weighted by atomic mass is 31.2. The maximum atomic E-state index is 5.36. The number of hydrogen-bond donors (Lipinski definition) is 0. The topological polar surface area (TPSA) is 0 Å². The zero-order valence-electron chi connectivity index (χ0n) is 24.1. The largest absolute Gasteiger partial charge is 0.0886 e. The molecular formula is C43H27P. The van der Waals surface area contributed by atoms with Gasteiger partial charge >= 0.3 is 0 Å². The maximum Gasteiger partial charge on any atom is -0.00202 e. The van der Waals surface area contributed by atoms with Crippen LogP contribution >= 0.6 is 6.89 Å².